The van der Waals surface area contributed by atoms with Crippen molar-refractivity contribution in [2.24, 2.45) is 5.41 Å². The van der Waals surface area contributed by atoms with E-state index in [-0.39, 0.29) is 0 Å². The second-order valence-corrected chi connectivity index (χ2v) is 4.16. The summed E-state index contributed by atoms with van der Waals surface area (Å²) in [6, 6.07) is 0. The summed E-state index contributed by atoms with van der Waals surface area (Å²) in [6.07, 6.45) is 8.39. The first kappa shape index (κ1) is 9.05. The number of ether oxygens (including phenoxy) is 1. The zero-order chi connectivity index (χ0) is 8.16. The molecule has 0 heterocycles. The Kier molecular flexibility index (Phi) is 3.38. The standard InChI is InChI=1S/C10H20O/c1-10(9-11-2)7-5-3-4-6-8-10/h3-9H2,1-2H3. The molecule has 0 spiro atoms. The summed E-state index contributed by atoms with van der Waals surface area (Å²) in [4.78, 5) is 0. The van der Waals surface area contributed by atoms with Crippen LogP contribution in [0.3, 0.4) is 0 Å². The Morgan fingerprint density at radius 1 is 1.09 bits per heavy atom. The number of hydrogen-bond acceptors (Lipinski definition) is 1. The Bertz CT molecular complexity index is 101. The van der Waals surface area contributed by atoms with Gasteiger partial charge in [0.1, 0.15) is 0 Å². The molecule has 11 heavy (non-hydrogen) atoms. The minimum atomic E-state index is 0.491. The van der Waals surface area contributed by atoms with Crippen LogP contribution >= 0.6 is 0 Å². The zero-order valence-electron chi connectivity index (χ0n) is 7.86. The molecule has 0 N–H and O–H groups in total. The molecule has 0 bridgehead atoms. The molecule has 1 aliphatic carbocycles. The molecule has 1 saturated carbocycles. The summed E-state index contributed by atoms with van der Waals surface area (Å²) in [5, 5.41) is 0. The molecule has 1 rings (SSSR count). The third-order valence-electron chi connectivity index (χ3n) is 2.80. The maximum Gasteiger partial charge on any atom is 0.0515 e. The van der Waals surface area contributed by atoms with Gasteiger partial charge in [-0.1, -0.05) is 32.6 Å². The average molecular weight is 156 g/mol. The fourth-order valence-corrected chi connectivity index (χ4v) is 2.07. The van der Waals surface area contributed by atoms with Crippen molar-refractivity contribution in [2.45, 2.75) is 45.4 Å². The topological polar surface area (TPSA) is 9.23 Å². The molecule has 0 amide bonds. The van der Waals surface area contributed by atoms with E-state index in [1.54, 1.807) is 0 Å². The summed E-state index contributed by atoms with van der Waals surface area (Å²) >= 11 is 0. The van der Waals surface area contributed by atoms with Crippen molar-refractivity contribution in [1.29, 1.82) is 0 Å². The lowest BCUT2D eigenvalue weighted by molar-refractivity contribution is 0.0804. The van der Waals surface area contributed by atoms with Crippen LogP contribution < -0.4 is 0 Å². The largest absolute Gasteiger partial charge is 0.384 e. The van der Waals surface area contributed by atoms with Gasteiger partial charge in [-0.3, -0.25) is 0 Å². The van der Waals surface area contributed by atoms with Crippen LogP contribution in [-0.4, -0.2) is 13.7 Å². The summed E-state index contributed by atoms with van der Waals surface area (Å²) < 4.78 is 5.24. The molecule has 0 aromatic rings. The van der Waals surface area contributed by atoms with Gasteiger partial charge in [0, 0.05) is 7.11 Å². The van der Waals surface area contributed by atoms with E-state index >= 15 is 0 Å². The lowest BCUT2D eigenvalue weighted by Gasteiger charge is -2.26. The first-order chi connectivity index (χ1) is 5.27. The van der Waals surface area contributed by atoms with Crippen molar-refractivity contribution >= 4 is 0 Å². The van der Waals surface area contributed by atoms with Crippen LogP contribution in [0.5, 0.6) is 0 Å². The van der Waals surface area contributed by atoms with Gasteiger partial charge in [0.05, 0.1) is 6.61 Å². The van der Waals surface area contributed by atoms with Gasteiger partial charge in [-0.25, -0.2) is 0 Å². The lowest BCUT2D eigenvalue weighted by Crippen LogP contribution is -2.21. The molecule has 0 aromatic carbocycles. The highest BCUT2D eigenvalue weighted by molar-refractivity contribution is 4.76. The van der Waals surface area contributed by atoms with Gasteiger partial charge in [-0.05, 0) is 18.3 Å². The zero-order valence-corrected chi connectivity index (χ0v) is 7.86. The fourth-order valence-electron chi connectivity index (χ4n) is 2.07. The second-order valence-electron chi connectivity index (χ2n) is 4.16. The van der Waals surface area contributed by atoms with Crippen molar-refractivity contribution < 1.29 is 4.74 Å². The number of rotatable bonds is 2. The smallest absolute Gasteiger partial charge is 0.0515 e. The maximum atomic E-state index is 5.24. The van der Waals surface area contributed by atoms with Crippen LogP contribution in [0.25, 0.3) is 0 Å². The van der Waals surface area contributed by atoms with E-state index < -0.39 is 0 Å². The number of methoxy groups -OCH3 is 1. The van der Waals surface area contributed by atoms with Crippen molar-refractivity contribution in [2.75, 3.05) is 13.7 Å². The van der Waals surface area contributed by atoms with E-state index in [1.807, 2.05) is 7.11 Å². The van der Waals surface area contributed by atoms with Gasteiger partial charge in [-0.2, -0.15) is 0 Å². The molecule has 1 heteroatoms. The van der Waals surface area contributed by atoms with Gasteiger partial charge >= 0.3 is 0 Å². The minimum absolute atomic E-state index is 0.491. The van der Waals surface area contributed by atoms with Crippen LogP contribution in [0.2, 0.25) is 0 Å². The highest BCUT2D eigenvalue weighted by atomic mass is 16.5. The van der Waals surface area contributed by atoms with Gasteiger partial charge in [0.15, 0.2) is 0 Å². The number of hydrogen-bond donors (Lipinski definition) is 0. The van der Waals surface area contributed by atoms with Crippen LogP contribution in [-0.2, 0) is 4.74 Å². The minimum Gasteiger partial charge on any atom is -0.384 e. The lowest BCUT2D eigenvalue weighted by atomic mass is 9.83. The van der Waals surface area contributed by atoms with Crippen molar-refractivity contribution in [3.05, 3.63) is 0 Å². The van der Waals surface area contributed by atoms with E-state index in [2.05, 4.69) is 6.92 Å². The molecular formula is C10H20O. The molecule has 0 aliphatic heterocycles. The average Bonchev–Trinajstić information content (AvgIpc) is 2.15. The Morgan fingerprint density at radius 3 is 2.09 bits per heavy atom. The monoisotopic (exact) mass is 156 g/mol. The second kappa shape index (κ2) is 4.10. The van der Waals surface area contributed by atoms with Gasteiger partial charge < -0.3 is 4.74 Å². The van der Waals surface area contributed by atoms with Crippen molar-refractivity contribution in [3.63, 3.8) is 0 Å². The maximum absolute atomic E-state index is 5.24. The SMILES string of the molecule is COCC1(C)CCCCCC1. The summed E-state index contributed by atoms with van der Waals surface area (Å²) in [5.74, 6) is 0. The molecule has 0 unspecified atom stereocenters. The molecule has 0 radical (unpaired) electrons. The Hall–Kier alpha value is -0.0400. The van der Waals surface area contributed by atoms with Crippen LogP contribution in [0.1, 0.15) is 45.4 Å². The highest BCUT2D eigenvalue weighted by Crippen LogP contribution is 2.34. The van der Waals surface area contributed by atoms with Crippen molar-refractivity contribution in [1.82, 2.24) is 0 Å². The summed E-state index contributed by atoms with van der Waals surface area (Å²) in [5.41, 5.74) is 0.491. The molecule has 1 fully saturated rings. The molecule has 0 aromatic heterocycles. The van der Waals surface area contributed by atoms with Gasteiger partial charge in [0.2, 0.25) is 0 Å². The first-order valence-electron chi connectivity index (χ1n) is 4.76. The predicted molar refractivity (Wildman–Crippen MR) is 47.7 cm³/mol. The first-order valence-corrected chi connectivity index (χ1v) is 4.76. The highest BCUT2D eigenvalue weighted by Gasteiger charge is 2.24. The molecule has 66 valence electrons. The van der Waals surface area contributed by atoms with Gasteiger partial charge in [0.25, 0.3) is 0 Å². The van der Waals surface area contributed by atoms with Crippen LogP contribution in [0.15, 0.2) is 0 Å². The Morgan fingerprint density at radius 2 is 1.64 bits per heavy atom. The molecule has 0 saturated heterocycles. The van der Waals surface area contributed by atoms with E-state index in [4.69, 9.17) is 4.74 Å². The molecule has 0 atom stereocenters. The molecular weight excluding hydrogens is 136 g/mol. The van der Waals surface area contributed by atoms with E-state index in [9.17, 15) is 0 Å². The van der Waals surface area contributed by atoms with Crippen molar-refractivity contribution in [3.8, 4) is 0 Å². The summed E-state index contributed by atoms with van der Waals surface area (Å²) in [6.45, 7) is 3.31. The third kappa shape index (κ3) is 2.82. The Labute approximate surface area is 70.1 Å². The van der Waals surface area contributed by atoms with E-state index in [0.29, 0.717) is 5.41 Å². The van der Waals surface area contributed by atoms with E-state index in [1.165, 1.54) is 38.5 Å². The quantitative estimate of drug-likeness (QED) is 0.558. The van der Waals surface area contributed by atoms with Gasteiger partial charge in [-0.15, -0.1) is 0 Å². The summed E-state index contributed by atoms with van der Waals surface area (Å²) in [7, 11) is 1.82. The molecule has 1 aliphatic rings. The van der Waals surface area contributed by atoms with Crippen LogP contribution in [0.4, 0.5) is 0 Å². The molecule has 1 nitrogen and oxygen atoms in total. The predicted octanol–water partition coefficient (Wildman–Crippen LogP) is 2.99. The third-order valence-corrected chi connectivity index (χ3v) is 2.80. The normalized spacial score (nSPS) is 24.5. The van der Waals surface area contributed by atoms with Crippen LogP contribution in [0, 0.1) is 5.41 Å². The fraction of sp³-hybridized carbons (Fsp3) is 1.00. The van der Waals surface area contributed by atoms with E-state index in [0.717, 1.165) is 6.61 Å². The Balaban J connectivity index is 2.38.